The van der Waals surface area contributed by atoms with Gasteiger partial charge in [0.15, 0.2) is 0 Å². The summed E-state index contributed by atoms with van der Waals surface area (Å²) >= 11 is 22.8. The number of nitriles is 1. The Kier molecular flexibility index (Phi) is 16.1. The number of halogens is 4. The minimum Gasteiger partial charge on any atom is -0.304 e. The van der Waals surface area contributed by atoms with Gasteiger partial charge in [0.1, 0.15) is 5.69 Å². The van der Waals surface area contributed by atoms with E-state index < -0.39 is 34.1 Å². The van der Waals surface area contributed by atoms with Gasteiger partial charge >= 0.3 is 11.4 Å². The van der Waals surface area contributed by atoms with Crippen LogP contribution in [0.2, 0.25) is 15.6 Å². The second-order valence-electron chi connectivity index (χ2n) is 13.8. The SMILES string of the molecule is Cc1cc(C#N)cc(C(=O)c2[nH]c(=O)[nH]c(=O)c2C(C)C)c1.Cc1cc(Cl)cc(C(=O)c2c(C(C)C)c(=O)[nH]c(=O)n2Cc2ccnc(Cl)n2)c1.ClCc1ccnc(Cl)n1. The zero-order valence-corrected chi connectivity index (χ0v) is 36.0. The van der Waals surface area contributed by atoms with E-state index in [0.717, 1.165) is 16.8 Å². The Bertz CT molecular complexity index is 2840. The lowest BCUT2D eigenvalue weighted by molar-refractivity contribution is 0.102. The summed E-state index contributed by atoms with van der Waals surface area (Å²) in [7, 11) is 0. The number of aryl methyl sites for hydroxylation is 2. The molecule has 0 amide bonds. The number of aromatic amines is 3. The summed E-state index contributed by atoms with van der Waals surface area (Å²) in [4.78, 5) is 96.9. The number of rotatable bonds is 9. The molecule has 3 N–H and O–H groups in total. The van der Waals surface area contributed by atoms with E-state index in [0.29, 0.717) is 22.2 Å². The molecule has 0 fully saturated rings. The van der Waals surface area contributed by atoms with Crippen molar-refractivity contribution in [1.29, 1.82) is 5.26 Å². The van der Waals surface area contributed by atoms with Gasteiger partial charge in [0.05, 0.1) is 41.1 Å². The third-order valence-corrected chi connectivity index (χ3v) is 9.27. The first-order valence-electron chi connectivity index (χ1n) is 18.0. The van der Waals surface area contributed by atoms with Gasteiger partial charge < -0.3 is 4.98 Å². The summed E-state index contributed by atoms with van der Waals surface area (Å²) in [6.45, 7) is 10.6. The summed E-state index contributed by atoms with van der Waals surface area (Å²) in [5.41, 5.74) is 1.41. The van der Waals surface area contributed by atoms with Crippen LogP contribution in [-0.4, -0.2) is 51.0 Å². The first-order valence-corrected chi connectivity index (χ1v) is 19.6. The van der Waals surface area contributed by atoms with Crippen molar-refractivity contribution in [3.05, 3.63) is 180 Å². The van der Waals surface area contributed by atoms with E-state index in [2.05, 4.69) is 34.9 Å². The van der Waals surface area contributed by atoms with E-state index in [1.54, 1.807) is 84.1 Å². The molecule has 4 heterocycles. The summed E-state index contributed by atoms with van der Waals surface area (Å²) in [5, 5.41) is 9.65. The average molecular weight is 894 g/mol. The van der Waals surface area contributed by atoms with Crippen molar-refractivity contribution in [1.82, 2.24) is 39.5 Å². The molecule has 6 aromatic rings. The predicted molar refractivity (Wildman–Crippen MR) is 229 cm³/mol. The normalized spacial score (nSPS) is 10.7. The molecule has 310 valence electrons. The molecule has 0 saturated heterocycles. The number of nitrogens with one attached hydrogen (secondary N) is 3. The third kappa shape index (κ3) is 12.0. The van der Waals surface area contributed by atoms with Gasteiger partial charge in [-0.2, -0.15) is 5.26 Å². The topological polar surface area (TPSA) is 230 Å². The Morgan fingerprint density at radius 1 is 0.733 bits per heavy atom. The van der Waals surface area contributed by atoms with Crippen LogP contribution in [0.25, 0.3) is 0 Å². The molecule has 60 heavy (non-hydrogen) atoms. The lowest BCUT2D eigenvalue weighted by Crippen LogP contribution is -2.38. The van der Waals surface area contributed by atoms with E-state index in [4.69, 9.17) is 51.7 Å². The molecule has 15 nitrogen and oxygen atoms in total. The van der Waals surface area contributed by atoms with Crippen LogP contribution in [0.5, 0.6) is 0 Å². The number of alkyl halides is 1. The van der Waals surface area contributed by atoms with Gasteiger partial charge in [-0.25, -0.2) is 29.5 Å². The Hall–Kier alpha value is -6.05. The monoisotopic (exact) mass is 891 g/mol. The Morgan fingerprint density at radius 2 is 1.28 bits per heavy atom. The smallest absolute Gasteiger partial charge is 0.304 e. The summed E-state index contributed by atoms with van der Waals surface area (Å²) in [6.07, 6.45) is 3.03. The van der Waals surface area contributed by atoms with Crippen molar-refractivity contribution in [2.75, 3.05) is 0 Å². The van der Waals surface area contributed by atoms with Gasteiger partial charge in [0, 0.05) is 39.7 Å². The number of hydrogen-bond donors (Lipinski definition) is 3. The van der Waals surface area contributed by atoms with Gasteiger partial charge in [0.25, 0.3) is 11.1 Å². The fraction of sp³-hybridized carbons (Fsp3) is 0.244. The lowest BCUT2D eigenvalue weighted by atomic mass is 9.96. The molecule has 0 saturated carbocycles. The Labute approximate surface area is 362 Å². The molecule has 19 heteroatoms. The molecule has 0 radical (unpaired) electrons. The largest absolute Gasteiger partial charge is 0.329 e. The van der Waals surface area contributed by atoms with E-state index in [1.807, 2.05) is 6.07 Å². The molecular weight excluding hydrogens is 856 g/mol. The van der Waals surface area contributed by atoms with Gasteiger partial charge in [0.2, 0.25) is 22.1 Å². The number of benzene rings is 2. The van der Waals surface area contributed by atoms with Gasteiger partial charge in [-0.05, 0) is 109 Å². The molecule has 6 rings (SSSR count). The Balaban J connectivity index is 0.000000224. The van der Waals surface area contributed by atoms with Gasteiger partial charge in [-0.15, -0.1) is 11.6 Å². The predicted octanol–water partition coefficient (Wildman–Crippen LogP) is 6.81. The average Bonchev–Trinajstić information content (AvgIpc) is 3.17. The standard InChI is InChI=1S/C20H18Cl2N4O3.C16H15N3O3.C5H4Cl2N2/c1-10(2)15-16(17(27)12-6-11(3)7-13(21)8-12)26(20(29)25-18(15)28)9-14-4-5-23-19(22)24-14;1-8(2)12-13(18-16(22)19-15(12)21)14(20)11-5-9(3)4-10(6-11)7-17;6-3-4-1-2-8-5(7)9-4/h4-8,10H,9H2,1-3H3,(H,25,28,29);4-6,8H,1-3H3,(H2,18,19,21,22);1-2H,3H2. The molecule has 0 aliphatic rings. The fourth-order valence-corrected chi connectivity index (χ4v) is 6.70. The molecule has 0 bridgehead atoms. The molecule has 0 atom stereocenters. The highest BCUT2D eigenvalue weighted by Crippen LogP contribution is 2.22. The molecule has 0 aliphatic carbocycles. The zero-order chi connectivity index (χ0) is 44.4. The van der Waals surface area contributed by atoms with Crippen molar-refractivity contribution in [3.8, 4) is 6.07 Å². The minimum atomic E-state index is -0.731. The number of ketones is 2. The van der Waals surface area contributed by atoms with Crippen molar-refractivity contribution in [3.63, 3.8) is 0 Å². The first kappa shape index (κ1) is 46.6. The number of aromatic nitrogens is 8. The van der Waals surface area contributed by atoms with Crippen LogP contribution in [0.3, 0.4) is 0 Å². The van der Waals surface area contributed by atoms with Crippen LogP contribution in [0.15, 0.2) is 80.1 Å². The van der Waals surface area contributed by atoms with Gasteiger partial charge in [-0.1, -0.05) is 39.3 Å². The quantitative estimate of drug-likeness (QED) is 0.0775. The number of nitrogens with zero attached hydrogens (tertiary/aromatic N) is 6. The van der Waals surface area contributed by atoms with Crippen LogP contribution >= 0.6 is 46.4 Å². The Morgan fingerprint density at radius 3 is 1.82 bits per heavy atom. The van der Waals surface area contributed by atoms with Crippen molar-refractivity contribution in [2.45, 2.75) is 65.8 Å². The van der Waals surface area contributed by atoms with Gasteiger partial charge in [-0.3, -0.25) is 33.7 Å². The molecule has 0 spiro atoms. The number of H-pyrrole nitrogens is 3. The highest BCUT2D eigenvalue weighted by Gasteiger charge is 2.25. The fourth-order valence-electron chi connectivity index (χ4n) is 5.93. The van der Waals surface area contributed by atoms with Crippen molar-refractivity contribution >= 4 is 58.0 Å². The summed E-state index contributed by atoms with van der Waals surface area (Å²) in [5.74, 6) is -1.12. The van der Waals surface area contributed by atoms with E-state index in [-0.39, 0.29) is 62.6 Å². The maximum Gasteiger partial charge on any atom is 0.329 e. The summed E-state index contributed by atoms with van der Waals surface area (Å²) < 4.78 is 1.20. The number of hydrogen-bond acceptors (Lipinski definition) is 11. The number of carbonyl (C=O) groups is 2. The van der Waals surface area contributed by atoms with Crippen LogP contribution < -0.4 is 22.5 Å². The van der Waals surface area contributed by atoms with Crippen LogP contribution in [0, 0.1) is 25.2 Å². The molecule has 0 unspecified atom stereocenters. The van der Waals surface area contributed by atoms with E-state index >= 15 is 0 Å². The minimum absolute atomic E-state index is 0.00477. The molecule has 4 aromatic heterocycles. The number of carbonyl (C=O) groups excluding carboxylic acids is 2. The van der Waals surface area contributed by atoms with E-state index in [1.165, 1.54) is 22.9 Å². The second-order valence-corrected chi connectivity index (χ2v) is 15.1. The maximum absolute atomic E-state index is 13.4. The van der Waals surface area contributed by atoms with Crippen LogP contribution in [-0.2, 0) is 12.4 Å². The van der Waals surface area contributed by atoms with Crippen molar-refractivity contribution in [2.24, 2.45) is 0 Å². The molecule has 2 aromatic carbocycles. The maximum atomic E-state index is 13.4. The molecule has 0 aliphatic heterocycles. The van der Waals surface area contributed by atoms with Crippen LogP contribution in [0.1, 0.15) is 111 Å². The summed E-state index contributed by atoms with van der Waals surface area (Å²) in [6, 6.07) is 14.9. The molecular formula is C41H37Cl4N9O6. The highest BCUT2D eigenvalue weighted by atomic mass is 35.5. The highest BCUT2D eigenvalue weighted by molar-refractivity contribution is 6.31. The lowest BCUT2D eigenvalue weighted by Gasteiger charge is -2.17. The van der Waals surface area contributed by atoms with E-state index in [9.17, 15) is 28.8 Å². The zero-order valence-electron chi connectivity index (χ0n) is 33.0. The van der Waals surface area contributed by atoms with Crippen molar-refractivity contribution < 1.29 is 9.59 Å². The second kappa shape index (κ2) is 20.8. The van der Waals surface area contributed by atoms with Crippen LogP contribution in [0.4, 0.5) is 0 Å². The third-order valence-electron chi connectivity index (χ3n) is 8.41. The first-order chi connectivity index (χ1) is 28.3.